The Labute approximate surface area is 163 Å². The Balaban J connectivity index is 1.94. The molecule has 3 rings (SSSR count). The molecule has 28 heavy (non-hydrogen) atoms. The number of amides is 2. The van der Waals surface area contributed by atoms with Crippen molar-refractivity contribution < 1.29 is 22.2 Å². The molecular formula is C20H20N2O5S. The summed E-state index contributed by atoms with van der Waals surface area (Å²) in [6.07, 6.45) is 1.50. The number of para-hydroxylation sites is 1. The molecule has 0 unspecified atom stereocenters. The summed E-state index contributed by atoms with van der Waals surface area (Å²) in [5.74, 6) is -0.863. The lowest BCUT2D eigenvalue weighted by molar-refractivity contribution is -0.117. The van der Waals surface area contributed by atoms with Gasteiger partial charge in [-0.25, -0.2) is 5.01 Å². The van der Waals surface area contributed by atoms with Crippen LogP contribution in [0.25, 0.3) is 6.08 Å². The lowest BCUT2D eigenvalue weighted by Crippen LogP contribution is -2.35. The quantitative estimate of drug-likeness (QED) is 0.473. The molecule has 0 bridgehead atoms. The molecule has 2 aromatic carbocycles. The predicted octanol–water partition coefficient (Wildman–Crippen LogP) is 2.49. The SMILES string of the molecule is CCS(=O)(=O)Oc1ccc(/C=C2\C(=O)NN(c3ccccc3)C2=O)c(C)c1C. The van der Waals surface area contributed by atoms with E-state index in [0.29, 0.717) is 16.8 Å². The van der Waals surface area contributed by atoms with Crippen LogP contribution in [-0.4, -0.2) is 26.0 Å². The van der Waals surface area contributed by atoms with Crippen molar-refractivity contribution >= 4 is 33.7 Å². The van der Waals surface area contributed by atoms with Gasteiger partial charge in [0.15, 0.2) is 0 Å². The van der Waals surface area contributed by atoms with Gasteiger partial charge in [-0.15, -0.1) is 0 Å². The molecule has 1 aliphatic heterocycles. The summed E-state index contributed by atoms with van der Waals surface area (Å²) in [6, 6.07) is 11.9. The topological polar surface area (TPSA) is 92.8 Å². The minimum Gasteiger partial charge on any atom is -0.382 e. The van der Waals surface area contributed by atoms with Gasteiger partial charge in [0.05, 0.1) is 11.4 Å². The first kappa shape index (κ1) is 19.6. The average Bonchev–Trinajstić information content (AvgIpc) is 2.96. The largest absolute Gasteiger partial charge is 0.382 e. The van der Waals surface area contributed by atoms with Crippen LogP contribution in [0.4, 0.5) is 5.69 Å². The van der Waals surface area contributed by atoms with E-state index in [1.807, 2.05) is 6.07 Å². The van der Waals surface area contributed by atoms with Crippen LogP contribution in [0.1, 0.15) is 23.6 Å². The third-order valence-corrected chi connectivity index (χ3v) is 5.70. The van der Waals surface area contributed by atoms with Crippen LogP contribution >= 0.6 is 0 Å². The first-order valence-electron chi connectivity index (χ1n) is 8.68. The normalized spacial score (nSPS) is 15.8. The van der Waals surface area contributed by atoms with Gasteiger partial charge in [-0.3, -0.25) is 15.0 Å². The van der Waals surface area contributed by atoms with Crippen LogP contribution in [0, 0.1) is 13.8 Å². The second-order valence-electron chi connectivity index (χ2n) is 6.31. The first-order chi connectivity index (χ1) is 13.2. The van der Waals surface area contributed by atoms with Gasteiger partial charge in [0.25, 0.3) is 11.8 Å². The van der Waals surface area contributed by atoms with E-state index in [4.69, 9.17) is 4.18 Å². The van der Waals surface area contributed by atoms with Crippen molar-refractivity contribution in [2.45, 2.75) is 20.8 Å². The predicted molar refractivity (Wildman–Crippen MR) is 106 cm³/mol. The zero-order valence-corrected chi connectivity index (χ0v) is 16.5. The van der Waals surface area contributed by atoms with Gasteiger partial charge in [0.2, 0.25) is 0 Å². The summed E-state index contributed by atoms with van der Waals surface area (Å²) < 4.78 is 28.5. The van der Waals surface area contributed by atoms with E-state index in [1.165, 1.54) is 24.1 Å². The zero-order chi connectivity index (χ0) is 20.5. The maximum atomic E-state index is 12.7. The molecule has 0 atom stereocenters. The summed E-state index contributed by atoms with van der Waals surface area (Å²) in [5.41, 5.74) is 5.08. The molecule has 1 fully saturated rings. The third-order valence-electron chi connectivity index (χ3n) is 4.56. The summed E-state index contributed by atoms with van der Waals surface area (Å²) in [4.78, 5) is 25.0. The molecule has 2 amide bonds. The van der Waals surface area contributed by atoms with Crippen LogP contribution in [0.15, 0.2) is 48.0 Å². The van der Waals surface area contributed by atoms with Gasteiger partial charge < -0.3 is 4.18 Å². The van der Waals surface area contributed by atoms with E-state index < -0.39 is 21.9 Å². The highest BCUT2D eigenvalue weighted by molar-refractivity contribution is 7.87. The number of carbonyl (C=O) groups excluding carboxylic acids is 2. The lowest BCUT2D eigenvalue weighted by atomic mass is 10.00. The van der Waals surface area contributed by atoms with Gasteiger partial charge >= 0.3 is 10.1 Å². The number of rotatable bonds is 5. The Morgan fingerprint density at radius 2 is 1.71 bits per heavy atom. The fraction of sp³-hybridized carbons (Fsp3) is 0.200. The Morgan fingerprint density at radius 3 is 2.36 bits per heavy atom. The van der Waals surface area contributed by atoms with Gasteiger partial charge in [-0.2, -0.15) is 8.42 Å². The van der Waals surface area contributed by atoms with E-state index in [2.05, 4.69) is 5.43 Å². The lowest BCUT2D eigenvalue weighted by Gasteiger charge is -2.14. The molecule has 0 spiro atoms. The molecule has 0 aromatic heterocycles. The Kier molecular flexibility index (Phi) is 5.24. The number of nitrogens with zero attached hydrogens (tertiary/aromatic N) is 1. The van der Waals surface area contributed by atoms with E-state index in [1.54, 1.807) is 44.2 Å². The summed E-state index contributed by atoms with van der Waals surface area (Å²) >= 11 is 0. The Morgan fingerprint density at radius 1 is 1.04 bits per heavy atom. The molecule has 1 saturated heterocycles. The van der Waals surface area contributed by atoms with E-state index >= 15 is 0 Å². The third kappa shape index (κ3) is 3.77. The summed E-state index contributed by atoms with van der Waals surface area (Å²) in [5, 5.41) is 1.20. The first-order valence-corrected chi connectivity index (χ1v) is 10.3. The molecule has 0 radical (unpaired) electrons. The van der Waals surface area contributed by atoms with Crippen molar-refractivity contribution in [2.75, 3.05) is 10.8 Å². The van der Waals surface area contributed by atoms with Gasteiger partial charge in [0.1, 0.15) is 11.3 Å². The fourth-order valence-electron chi connectivity index (χ4n) is 2.73. The fourth-order valence-corrected chi connectivity index (χ4v) is 3.30. The van der Waals surface area contributed by atoms with E-state index in [9.17, 15) is 18.0 Å². The highest BCUT2D eigenvalue weighted by Gasteiger charge is 2.34. The van der Waals surface area contributed by atoms with Crippen molar-refractivity contribution in [1.82, 2.24) is 5.43 Å². The van der Waals surface area contributed by atoms with Crippen molar-refractivity contribution in [2.24, 2.45) is 0 Å². The molecule has 2 aromatic rings. The molecule has 7 nitrogen and oxygen atoms in total. The molecule has 0 aliphatic carbocycles. The van der Waals surface area contributed by atoms with E-state index in [-0.39, 0.29) is 17.1 Å². The van der Waals surface area contributed by atoms with Crippen molar-refractivity contribution in [3.05, 3.63) is 64.7 Å². The van der Waals surface area contributed by atoms with Gasteiger partial charge in [0, 0.05) is 0 Å². The molecule has 0 saturated carbocycles. The number of carbonyl (C=O) groups is 2. The van der Waals surface area contributed by atoms with Crippen LogP contribution < -0.4 is 14.6 Å². The van der Waals surface area contributed by atoms with Gasteiger partial charge in [-0.05, 0) is 61.7 Å². The van der Waals surface area contributed by atoms with Crippen LogP contribution in [0.2, 0.25) is 0 Å². The number of hydrogen-bond donors (Lipinski definition) is 1. The van der Waals surface area contributed by atoms with Gasteiger partial charge in [-0.1, -0.05) is 24.3 Å². The minimum atomic E-state index is -3.64. The van der Waals surface area contributed by atoms with Crippen molar-refractivity contribution in [1.29, 1.82) is 0 Å². The molecule has 1 N–H and O–H groups in total. The minimum absolute atomic E-state index is 0.00111. The van der Waals surface area contributed by atoms with Crippen LogP contribution in [-0.2, 0) is 19.7 Å². The highest BCUT2D eigenvalue weighted by atomic mass is 32.2. The molecule has 146 valence electrons. The smallest absolute Gasteiger partial charge is 0.308 e. The molecular weight excluding hydrogens is 380 g/mol. The number of hydrazine groups is 1. The van der Waals surface area contributed by atoms with Crippen LogP contribution in [0.5, 0.6) is 5.75 Å². The number of hydrogen-bond acceptors (Lipinski definition) is 5. The average molecular weight is 400 g/mol. The number of anilines is 1. The highest BCUT2D eigenvalue weighted by Crippen LogP contribution is 2.28. The summed E-state index contributed by atoms with van der Waals surface area (Å²) in [7, 11) is -3.64. The number of nitrogens with one attached hydrogen (secondary N) is 1. The van der Waals surface area contributed by atoms with Crippen molar-refractivity contribution in [3.8, 4) is 5.75 Å². The second kappa shape index (κ2) is 7.47. The zero-order valence-electron chi connectivity index (χ0n) is 15.7. The monoisotopic (exact) mass is 400 g/mol. The second-order valence-corrected chi connectivity index (χ2v) is 8.17. The maximum Gasteiger partial charge on any atom is 0.308 e. The Hall–Kier alpha value is -3.13. The van der Waals surface area contributed by atoms with E-state index in [0.717, 1.165) is 5.56 Å². The van der Waals surface area contributed by atoms with Crippen LogP contribution in [0.3, 0.4) is 0 Å². The molecule has 8 heteroatoms. The molecule has 1 heterocycles. The summed E-state index contributed by atoms with van der Waals surface area (Å²) in [6.45, 7) is 5.00. The Bertz CT molecular complexity index is 1080. The molecule has 1 aliphatic rings. The van der Waals surface area contributed by atoms with Crippen molar-refractivity contribution in [3.63, 3.8) is 0 Å². The standard InChI is InChI=1S/C20H20N2O5S/c1-4-28(25,26)27-18-11-10-15(13(2)14(18)3)12-17-19(23)21-22(20(17)24)16-8-6-5-7-9-16/h5-12H,4H2,1-3H3,(H,21,23)/b17-12+. The maximum absolute atomic E-state index is 12.7. The number of benzene rings is 2.